The third-order valence-electron chi connectivity index (χ3n) is 7.36. The topological polar surface area (TPSA) is 101 Å². The molecule has 190 valence electrons. The van der Waals surface area contributed by atoms with Crippen molar-refractivity contribution in [3.63, 3.8) is 0 Å². The number of fused-ring (bicyclic) bond motifs is 2. The van der Waals surface area contributed by atoms with Gasteiger partial charge in [0.2, 0.25) is 5.91 Å². The molecule has 2 fully saturated rings. The molecule has 3 aliphatic rings. The van der Waals surface area contributed by atoms with Crippen molar-refractivity contribution in [2.45, 2.75) is 38.6 Å². The molecule has 2 aliphatic heterocycles. The van der Waals surface area contributed by atoms with Crippen LogP contribution < -0.4 is 15.2 Å². The minimum atomic E-state index is -3.77. The SMILES string of the molecule is CC1OC(=O)C2(C(N)=O)CC(F)(F)C(C)C(C=Cc3ccc(-c4cccc5c4OC(F)(F)O5)cn3)C12. The van der Waals surface area contributed by atoms with Gasteiger partial charge in [-0.15, -0.1) is 8.78 Å². The zero-order valence-corrected chi connectivity index (χ0v) is 19.2. The van der Waals surface area contributed by atoms with Crippen molar-refractivity contribution < 1.29 is 41.4 Å². The Morgan fingerprint density at radius 3 is 2.56 bits per heavy atom. The number of carbonyl (C=O) groups is 2. The van der Waals surface area contributed by atoms with Crippen molar-refractivity contribution in [3.05, 3.63) is 48.3 Å². The number of carbonyl (C=O) groups excluding carboxylic acids is 2. The first-order valence-corrected chi connectivity index (χ1v) is 11.3. The Kier molecular flexibility index (Phi) is 5.31. The average Bonchev–Trinajstić information content (AvgIpc) is 3.25. The van der Waals surface area contributed by atoms with Crippen molar-refractivity contribution in [3.8, 4) is 22.6 Å². The number of para-hydroxylation sites is 1. The highest BCUT2D eigenvalue weighted by Gasteiger charge is 2.70. The Hall–Kier alpha value is -3.63. The standard InChI is InChI=1S/C25H22F4N2O5/c1-12-16(19-13(2)34-22(33)23(19,21(30)32)11-24(12,26)27)9-8-15-7-6-14(10-31-15)17-4-3-5-18-20(17)36-25(28,29)35-18/h3-10,12-13,16,19H,11H2,1-2H3,(H2,30,32). The number of cyclic esters (lactones) is 1. The summed E-state index contributed by atoms with van der Waals surface area (Å²) in [6.07, 6.45) is -1.11. The number of benzene rings is 1. The molecule has 36 heavy (non-hydrogen) atoms. The molecule has 1 saturated heterocycles. The van der Waals surface area contributed by atoms with Gasteiger partial charge in [0.1, 0.15) is 6.10 Å². The predicted molar refractivity (Wildman–Crippen MR) is 118 cm³/mol. The number of ether oxygens (including phenoxy) is 3. The van der Waals surface area contributed by atoms with E-state index < -0.39 is 59.8 Å². The van der Waals surface area contributed by atoms with Crippen LogP contribution in [0.2, 0.25) is 0 Å². The van der Waals surface area contributed by atoms with Crippen LogP contribution in [0.3, 0.4) is 0 Å². The van der Waals surface area contributed by atoms with E-state index in [9.17, 15) is 27.2 Å². The summed E-state index contributed by atoms with van der Waals surface area (Å²) in [6.45, 7) is 2.92. The lowest BCUT2D eigenvalue weighted by atomic mass is 9.56. The Labute approximate surface area is 203 Å². The van der Waals surface area contributed by atoms with E-state index in [1.54, 1.807) is 25.1 Å². The van der Waals surface area contributed by atoms with Gasteiger partial charge in [0.25, 0.3) is 5.92 Å². The molecule has 0 bridgehead atoms. The number of hydrogen-bond donors (Lipinski definition) is 1. The number of rotatable bonds is 4. The molecule has 0 radical (unpaired) electrons. The fraction of sp³-hybridized carbons (Fsp3) is 0.400. The van der Waals surface area contributed by atoms with Gasteiger partial charge in [0.05, 0.1) is 5.69 Å². The molecule has 1 saturated carbocycles. The van der Waals surface area contributed by atoms with Crippen molar-refractivity contribution in [2.24, 2.45) is 28.9 Å². The van der Waals surface area contributed by atoms with E-state index >= 15 is 0 Å². The van der Waals surface area contributed by atoms with Crippen LogP contribution in [0.4, 0.5) is 17.6 Å². The molecule has 1 aromatic carbocycles. The zero-order chi connectivity index (χ0) is 26.0. The van der Waals surface area contributed by atoms with Crippen LogP contribution in [0.15, 0.2) is 42.6 Å². The molecule has 11 heteroatoms. The summed E-state index contributed by atoms with van der Waals surface area (Å²) in [5, 5.41) is 0. The van der Waals surface area contributed by atoms with Crippen LogP contribution in [0.25, 0.3) is 17.2 Å². The molecule has 1 aromatic heterocycles. The molecule has 2 aromatic rings. The number of pyridine rings is 1. The van der Waals surface area contributed by atoms with Gasteiger partial charge >= 0.3 is 12.3 Å². The molecule has 5 atom stereocenters. The fourth-order valence-electron chi connectivity index (χ4n) is 5.55. The minimum absolute atomic E-state index is 0.103. The van der Waals surface area contributed by atoms with Gasteiger partial charge in [-0.25, -0.2) is 8.78 Å². The van der Waals surface area contributed by atoms with Gasteiger partial charge in [-0.2, -0.15) is 0 Å². The number of esters is 1. The van der Waals surface area contributed by atoms with Gasteiger partial charge in [-0.1, -0.05) is 31.2 Å². The smallest absolute Gasteiger partial charge is 0.461 e. The lowest BCUT2D eigenvalue weighted by molar-refractivity contribution is -0.286. The van der Waals surface area contributed by atoms with E-state index in [0.29, 0.717) is 16.8 Å². The lowest BCUT2D eigenvalue weighted by Gasteiger charge is -2.46. The van der Waals surface area contributed by atoms with Crippen molar-refractivity contribution in [2.75, 3.05) is 0 Å². The van der Waals surface area contributed by atoms with Gasteiger partial charge in [-0.05, 0) is 31.1 Å². The number of allylic oxidation sites excluding steroid dienone is 1. The summed E-state index contributed by atoms with van der Waals surface area (Å²) in [4.78, 5) is 29.1. The summed E-state index contributed by atoms with van der Waals surface area (Å²) in [7, 11) is 0. The predicted octanol–water partition coefficient (Wildman–Crippen LogP) is 4.41. The summed E-state index contributed by atoms with van der Waals surface area (Å²) < 4.78 is 71.3. The molecule has 7 nitrogen and oxygen atoms in total. The first-order chi connectivity index (χ1) is 16.9. The second-order valence-corrected chi connectivity index (χ2v) is 9.41. The number of nitrogens with zero attached hydrogens (tertiary/aromatic N) is 1. The van der Waals surface area contributed by atoms with Crippen LogP contribution in [0.1, 0.15) is 26.0 Å². The molecule has 2 N–H and O–H groups in total. The first-order valence-electron chi connectivity index (χ1n) is 11.3. The summed E-state index contributed by atoms with van der Waals surface area (Å²) in [5.41, 5.74) is 4.57. The van der Waals surface area contributed by atoms with Crippen molar-refractivity contribution in [1.29, 1.82) is 0 Å². The van der Waals surface area contributed by atoms with Gasteiger partial charge in [0, 0.05) is 35.6 Å². The molecule has 3 heterocycles. The van der Waals surface area contributed by atoms with Crippen LogP contribution in [-0.4, -0.2) is 35.2 Å². The molecule has 5 unspecified atom stereocenters. The number of primary amides is 1. The summed E-state index contributed by atoms with van der Waals surface area (Å²) >= 11 is 0. The number of nitrogens with two attached hydrogens (primary N) is 1. The lowest BCUT2D eigenvalue weighted by Crippen LogP contribution is -2.58. The minimum Gasteiger partial charge on any atom is -0.461 e. The fourth-order valence-corrected chi connectivity index (χ4v) is 5.55. The van der Waals surface area contributed by atoms with E-state index in [-0.39, 0.29) is 11.5 Å². The molecular weight excluding hydrogens is 484 g/mol. The first kappa shape index (κ1) is 24.1. The van der Waals surface area contributed by atoms with Crippen LogP contribution in [-0.2, 0) is 14.3 Å². The maximum absolute atomic E-state index is 15.0. The number of alkyl halides is 4. The molecular formula is C25H22F4N2O5. The van der Waals surface area contributed by atoms with E-state index in [4.69, 9.17) is 10.5 Å². The zero-order valence-electron chi connectivity index (χ0n) is 19.2. The van der Waals surface area contributed by atoms with Crippen molar-refractivity contribution >= 4 is 18.0 Å². The third-order valence-corrected chi connectivity index (χ3v) is 7.36. The van der Waals surface area contributed by atoms with E-state index in [2.05, 4.69) is 14.5 Å². The highest BCUT2D eigenvalue weighted by atomic mass is 19.3. The molecule has 1 aliphatic carbocycles. The van der Waals surface area contributed by atoms with Gasteiger partial charge < -0.3 is 19.9 Å². The van der Waals surface area contributed by atoms with E-state index in [1.807, 2.05) is 0 Å². The van der Waals surface area contributed by atoms with Crippen LogP contribution >= 0.6 is 0 Å². The number of amides is 1. The molecule has 0 spiro atoms. The molecule has 5 rings (SSSR count). The van der Waals surface area contributed by atoms with Gasteiger partial charge in [-0.3, -0.25) is 14.6 Å². The van der Waals surface area contributed by atoms with E-state index in [1.165, 1.54) is 37.4 Å². The maximum atomic E-state index is 15.0. The quantitative estimate of drug-likeness (QED) is 0.375. The monoisotopic (exact) mass is 506 g/mol. The Morgan fingerprint density at radius 1 is 1.14 bits per heavy atom. The summed E-state index contributed by atoms with van der Waals surface area (Å²) in [5.74, 6) is -8.67. The molecule has 1 amide bonds. The van der Waals surface area contributed by atoms with Gasteiger partial charge in [0.15, 0.2) is 16.9 Å². The Balaban J connectivity index is 1.45. The Morgan fingerprint density at radius 2 is 1.89 bits per heavy atom. The van der Waals surface area contributed by atoms with Crippen LogP contribution in [0, 0.1) is 23.2 Å². The largest absolute Gasteiger partial charge is 0.586 e. The highest BCUT2D eigenvalue weighted by Crippen LogP contribution is 2.59. The highest BCUT2D eigenvalue weighted by molar-refractivity contribution is 6.04. The maximum Gasteiger partial charge on any atom is 0.586 e. The third kappa shape index (κ3) is 3.59. The number of hydrogen-bond acceptors (Lipinski definition) is 6. The van der Waals surface area contributed by atoms with Crippen LogP contribution in [0.5, 0.6) is 11.5 Å². The number of aromatic nitrogens is 1. The van der Waals surface area contributed by atoms with Crippen molar-refractivity contribution in [1.82, 2.24) is 4.98 Å². The second kappa shape index (κ2) is 7.94. The number of halogens is 4. The average molecular weight is 506 g/mol. The Bertz CT molecular complexity index is 1270. The summed E-state index contributed by atoms with van der Waals surface area (Å²) in [6, 6.07) is 7.65. The normalized spacial score (nSPS) is 31.8. The van der Waals surface area contributed by atoms with E-state index in [0.717, 1.165) is 0 Å². The second-order valence-electron chi connectivity index (χ2n) is 9.41.